The molecule has 0 aromatic heterocycles. The van der Waals surface area contributed by atoms with Gasteiger partial charge in [-0.15, -0.1) is 0 Å². The molecule has 0 amide bonds. The van der Waals surface area contributed by atoms with E-state index in [1.54, 1.807) is 0 Å². The summed E-state index contributed by atoms with van der Waals surface area (Å²) in [4.78, 5) is 10.9. The van der Waals surface area contributed by atoms with Crippen molar-refractivity contribution in [1.82, 2.24) is 0 Å². The standard InChI is InChI=1S/C14H16FNO2/c15-11-4-3-10(14(17)18)7-13(11)16-12-6-8-1-2-9(12)5-8/h3-4,7-9,12,16H,1-2,5-6H2,(H,17,18). The van der Waals surface area contributed by atoms with Gasteiger partial charge < -0.3 is 10.4 Å². The highest BCUT2D eigenvalue weighted by molar-refractivity contribution is 5.88. The first-order valence-electron chi connectivity index (χ1n) is 6.43. The summed E-state index contributed by atoms with van der Waals surface area (Å²) in [6.45, 7) is 0. The number of nitrogens with one attached hydrogen (secondary N) is 1. The zero-order valence-electron chi connectivity index (χ0n) is 10.0. The second-order valence-corrected chi connectivity index (χ2v) is 5.43. The molecular weight excluding hydrogens is 233 g/mol. The molecule has 0 saturated heterocycles. The average Bonchev–Trinajstić information content (AvgIpc) is 2.93. The van der Waals surface area contributed by atoms with Gasteiger partial charge in [-0.05, 0) is 49.3 Å². The van der Waals surface area contributed by atoms with Gasteiger partial charge in [0.1, 0.15) is 5.82 Å². The molecule has 0 spiro atoms. The molecule has 0 heterocycles. The average molecular weight is 249 g/mol. The minimum Gasteiger partial charge on any atom is -0.478 e. The lowest BCUT2D eigenvalue weighted by atomic mass is 9.95. The molecule has 1 aromatic rings. The molecule has 3 unspecified atom stereocenters. The molecule has 3 nitrogen and oxygen atoms in total. The Labute approximate surface area is 105 Å². The third-order valence-corrected chi connectivity index (χ3v) is 4.29. The van der Waals surface area contributed by atoms with Crippen molar-refractivity contribution in [1.29, 1.82) is 0 Å². The number of halogens is 1. The van der Waals surface area contributed by atoms with Crippen molar-refractivity contribution in [3.63, 3.8) is 0 Å². The largest absolute Gasteiger partial charge is 0.478 e. The molecule has 2 aliphatic carbocycles. The Hall–Kier alpha value is -1.58. The normalized spacial score (nSPS) is 29.5. The van der Waals surface area contributed by atoms with Gasteiger partial charge in [0, 0.05) is 6.04 Å². The molecule has 3 rings (SSSR count). The molecule has 0 radical (unpaired) electrons. The highest BCUT2D eigenvalue weighted by Gasteiger charge is 2.39. The Morgan fingerprint density at radius 1 is 1.33 bits per heavy atom. The molecule has 96 valence electrons. The first kappa shape index (κ1) is 11.5. The van der Waals surface area contributed by atoms with Gasteiger partial charge in [0.15, 0.2) is 0 Å². The first-order valence-corrected chi connectivity index (χ1v) is 6.43. The molecule has 0 aliphatic heterocycles. The molecule has 4 heteroatoms. The maximum absolute atomic E-state index is 13.7. The second-order valence-electron chi connectivity index (χ2n) is 5.43. The Morgan fingerprint density at radius 3 is 2.78 bits per heavy atom. The number of hydrogen-bond donors (Lipinski definition) is 2. The fourth-order valence-electron chi connectivity index (χ4n) is 3.39. The number of benzene rings is 1. The Balaban J connectivity index is 1.79. The third kappa shape index (κ3) is 1.96. The van der Waals surface area contributed by atoms with E-state index in [2.05, 4.69) is 5.32 Å². The van der Waals surface area contributed by atoms with Crippen LogP contribution in [0.25, 0.3) is 0 Å². The molecule has 2 saturated carbocycles. The Kier molecular flexibility index (Phi) is 2.73. The Morgan fingerprint density at radius 2 is 2.17 bits per heavy atom. The van der Waals surface area contributed by atoms with Crippen molar-refractivity contribution in [3.8, 4) is 0 Å². The van der Waals surface area contributed by atoms with Crippen molar-refractivity contribution in [3.05, 3.63) is 29.6 Å². The van der Waals surface area contributed by atoms with Gasteiger partial charge in [-0.25, -0.2) is 9.18 Å². The van der Waals surface area contributed by atoms with E-state index in [9.17, 15) is 9.18 Å². The number of carboxylic acids is 1. The quantitative estimate of drug-likeness (QED) is 0.865. The summed E-state index contributed by atoms with van der Waals surface area (Å²) in [5.41, 5.74) is 0.453. The summed E-state index contributed by atoms with van der Waals surface area (Å²) in [7, 11) is 0. The van der Waals surface area contributed by atoms with Gasteiger partial charge in [0.05, 0.1) is 11.3 Å². The zero-order chi connectivity index (χ0) is 12.7. The number of fused-ring (bicyclic) bond motifs is 2. The fourth-order valence-corrected chi connectivity index (χ4v) is 3.39. The van der Waals surface area contributed by atoms with Crippen molar-refractivity contribution >= 4 is 11.7 Å². The van der Waals surface area contributed by atoms with E-state index in [1.807, 2.05) is 0 Å². The van der Waals surface area contributed by atoms with Crippen LogP contribution in [0.5, 0.6) is 0 Å². The lowest BCUT2D eigenvalue weighted by Crippen LogP contribution is -2.26. The molecule has 3 atom stereocenters. The maximum atomic E-state index is 13.7. The molecule has 1 aromatic carbocycles. The van der Waals surface area contributed by atoms with Crippen LogP contribution in [0.4, 0.5) is 10.1 Å². The topological polar surface area (TPSA) is 49.3 Å². The monoisotopic (exact) mass is 249 g/mol. The minimum atomic E-state index is -1.02. The summed E-state index contributed by atoms with van der Waals surface area (Å²) in [5, 5.41) is 12.1. The third-order valence-electron chi connectivity index (χ3n) is 4.29. The lowest BCUT2D eigenvalue weighted by Gasteiger charge is -2.24. The SMILES string of the molecule is O=C(O)c1ccc(F)c(NC2CC3CCC2C3)c1. The minimum absolute atomic E-state index is 0.127. The number of aromatic carboxylic acids is 1. The van der Waals surface area contributed by atoms with Gasteiger partial charge in [-0.2, -0.15) is 0 Å². The van der Waals surface area contributed by atoms with Crippen LogP contribution in [0.2, 0.25) is 0 Å². The van der Waals surface area contributed by atoms with Crippen LogP contribution >= 0.6 is 0 Å². The number of hydrogen-bond acceptors (Lipinski definition) is 2. The molecule has 2 N–H and O–H groups in total. The number of carboxylic acid groups (broad SMARTS) is 1. The van der Waals surface area contributed by atoms with Crippen molar-refractivity contribution < 1.29 is 14.3 Å². The number of carbonyl (C=O) groups is 1. The summed E-state index contributed by atoms with van der Waals surface area (Å²) in [6.07, 6.45) is 4.82. The predicted molar refractivity (Wildman–Crippen MR) is 66.2 cm³/mol. The van der Waals surface area contributed by atoms with Crippen LogP contribution in [-0.2, 0) is 0 Å². The maximum Gasteiger partial charge on any atom is 0.335 e. The zero-order valence-corrected chi connectivity index (χ0v) is 10.0. The van der Waals surface area contributed by atoms with E-state index in [0.717, 1.165) is 12.3 Å². The molecule has 2 aliphatic rings. The highest BCUT2D eigenvalue weighted by atomic mass is 19.1. The van der Waals surface area contributed by atoms with E-state index in [0.29, 0.717) is 17.6 Å². The van der Waals surface area contributed by atoms with Crippen LogP contribution in [0.3, 0.4) is 0 Å². The van der Waals surface area contributed by atoms with Crippen molar-refractivity contribution in [2.24, 2.45) is 11.8 Å². The van der Waals surface area contributed by atoms with E-state index in [4.69, 9.17) is 5.11 Å². The van der Waals surface area contributed by atoms with E-state index in [-0.39, 0.29) is 11.4 Å². The predicted octanol–water partition coefficient (Wildman–Crippen LogP) is 3.12. The van der Waals surface area contributed by atoms with Gasteiger partial charge in [0.25, 0.3) is 0 Å². The fraction of sp³-hybridized carbons (Fsp3) is 0.500. The van der Waals surface area contributed by atoms with Crippen LogP contribution in [0.1, 0.15) is 36.0 Å². The van der Waals surface area contributed by atoms with Gasteiger partial charge in [0.2, 0.25) is 0 Å². The van der Waals surface area contributed by atoms with Crippen LogP contribution in [0, 0.1) is 17.7 Å². The Bertz CT molecular complexity index is 489. The number of rotatable bonds is 3. The van der Waals surface area contributed by atoms with Crippen molar-refractivity contribution in [2.75, 3.05) is 5.32 Å². The summed E-state index contributed by atoms with van der Waals surface area (Å²) < 4.78 is 13.7. The van der Waals surface area contributed by atoms with Crippen molar-refractivity contribution in [2.45, 2.75) is 31.7 Å². The molecular formula is C14H16FNO2. The summed E-state index contributed by atoms with van der Waals surface area (Å²) in [5.74, 6) is 0.00914. The van der Waals surface area contributed by atoms with E-state index in [1.165, 1.54) is 37.5 Å². The van der Waals surface area contributed by atoms with E-state index < -0.39 is 5.97 Å². The van der Waals surface area contributed by atoms with Gasteiger partial charge in [-0.1, -0.05) is 6.42 Å². The summed E-state index contributed by atoms with van der Waals surface area (Å²) in [6, 6.07) is 4.22. The smallest absolute Gasteiger partial charge is 0.335 e. The first-order chi connectivity index (χ1) is 8.63. The van der Waals surface area contributed by atoms with Gasteiger partial charge >= 0.3 is 5.97 Å². The van der Waals surface area contributed by atoms with E-state index >= 15 is 0 Å². The second kappa shape index (κ2) is 4.26. The lowest BCUT2D eigenvalue weighted by molar-refractivity contribution is 0.0697. The molecule has 2 fully saturated rings. The molecule has 18 heavy (non-hydrogen) atoms. The highest BCUT2D eigenvalue weighted by Crippen LogP contribution is 2.45. The van der Waals surface area contributed by atoms with Crippen LogP contribution in [-0.4, -0.2) is 17.1 Å². The number of anilines is 1. The van der Waals surface area contributed by atoms with Gasteiger partial charge in [-0.3, -0.25) is 0 Å². The molecule has 2 bridgehead atoms. The van der Waals surface area contributed by atoms with Crippen LogP contribution < -0.4 is 5.32 Å². The van der Waals surface area contributed by atoms with Crippen LogP contribution in [0.15, 0.2) is 18.2 Å². The summed E-state index contributed by atoms with van der Waals surface area (Å²) >= 11 is 0.